The minimum atomic E-state index is -4.94. The Hall–Kier alpha value is -0.700. The van der Waals surface area contributed by atoms with Crippen LogP contribution in [0.3, 0.4) is 0 Å². The molecule has 4 nitrogen and oxygen atoms in total. The van der Waals surface area contributed by atoms with E-state index in [0.717, 1.165) is 0 Å². The van der Waals surface area contributed by atoms with Crippen LogP contribution in [0.15, 0.2) is 48.5 Å². The lowest BCUT2D eigenvalue weighted by atomic mass is 10.0. The molecule has 0 aliphatic carbocycles. The van der Waals surface area contributed by atoms with Crippen LogP contribution in [0.2, 0.25) is 0 Å². The summed E-state index contributed by atoms with van der Waals surface area (Å²) in [6, 6.07) is 18.3. The highest BCUT2D eigenvalue weighted by molar-refractivity contribution is 5.19. The molecule has 0 saturated heterocycles. The molecule has 0 amide bonds. The van der Waals surface area contributed by atoms with E-state index >= 15 is 0 Å². The molecule has 0 heterocycles. The van der Waals surface area contributed by atoms with Gasteiger partial charge in [-0.3, -0.25) is 0 Å². The maximum Gasteiger partial charge on any atom is 0.357 e. The van der Waals surface area contributed by atoms with Gasteiger partial charge >= 0.3 is 21.2 Å². The predicted molar refractivity (Wildman–Crippen MR) is 78.5 cm³/mol. The van der Waals surface area contributed by atoms with Gasteiger partial charge in [-0.2, -0.15) is 0 Å². The fourth-order valence-corrected chi connectivity index (χ4v) is 4.10. The zero-order valence-corrected chi connectivity index (χ0v) is 17.1. The van der Waals surface area contributed by atoms with Crippen molar-refractivity contribution in [2.45, 2.75) is 39.5 Å². The summed E-state index contributed by atoms with van der Waals surface area (Å²) in [5.74, 6) is 1.25. The second-order valence-corrected chi connectivity index (χ2v) is 9.67. The van der Waals surface area contributed by atoms with Crippen LogP contribution < -0.4 is 39.8 Å². The molecule has 2 aromatic carbocycles. The summed E-state index contributed by atoms with van der Waals surface area (Å²) < 4.78 is 37.0. The molecule has 0 bridgehead atoms. The van der Waals surface area contributed by atoms with Crippen LogP contribution in [-0.2, 0) is 0 Å². The summed E-state index contributed by atoms with van der Waals surface area (Å²) in [7, 11) is -4.94. The zero-order valence-electron chi connectivity index (χ0n) is 14.2. The van der Waals surface area contributed by atoms with Gasteiger partial charge in [0.25, 0.3) is 0 Å². The highest BCUT2D eigenvalue weighted by Crippen LogP contribution is 2.13. The molecule has 2 aromatic rings. The largest absolute Gasteiger partial charge is 0.357 e. The third-order valence-electron chi connectivity index (χ3n) is 3.29. The second-order valence-electron chi connectivity index (χ2n) is 5.88. The summed E-state index contributed by atoms with van der Waals surface area (Å²) in [4.78, 5) is 0. The van der Waals surface area contributed by atoms with E-state index in [9.17, 15) is 0 Å². The van der Waals surface area contributed by atoms with Crippen molar-refractivity contribution in [1.82, 2.24) is 0 Å². The molecule has 24 heavy (non-hydrogen) atoms. The number of hydrogen-bond donors (Lipinski definition) is 0. The van der Waals surface area contributed by atoms with Gasteiger partial charge in [0.2, 0.25) is 0 Å². The molecule has 6 heteroatoms. The third kappa shape index (κ3) is 8.96. The van der Waals surface area contributed by atoms with E-state index < -0.39 is 10.2 Å². The first kappa shape index (κ1) is 21.3. The SMILES string of the molecule is CC(C)c1ccc([I+]c2ccc(C(C)C)cc2)cc1.[O-][Cl+3]([O-])([O-])[O-]. The first-order valence-electron chi connectivity index (χ1n) is 7.52. The lowest BCUT2D eigenvalue weighted by Crippen LogP contribution is -3.61. The summed E-state index contributed by atoms with van der Waals surface area (Å²) in [6.07, 6.45) is 0. The van der Waals surface area contributed by atoms with Crippen LogP contribution in [0.5, 0.6) is 0 Å². The van der Waals surface area contributed by atoms with Gasteiger partial charge in [-0.15, -0.1) is 10.2 Å². The van der Waals surface area contributed by atoms with E-state index in [-0.39, 0.29) is 21.2 Å². The zero-order chi connectivity index (χ0) is 18.3. The lowest BCUT2D eigenvalue weighted by molar-refractivity contribution is -2.00. The summed E-state index contributed by atoms with van der Waals surface area (Å²) >= 11 is -0.0366. The van der Waals surface area contributed by atoms with Crippen molar-refractivity contribution < 1.29 is 50.1 Å². The average Bonchev–Trinajstić information content (AvgIpc) is 2.46. The molecule has 0 aromatic heterocycles. The van der Waals surface area contributed by atoms with Gasteiger partial charge in [0.05, 0.1) is 0 Å². The molecule has 132 valence electrons. The Bertz CT molecular complexity index is 549. The molecule has 0 aliphatic heterocycles. The second kappa shape index (κ2) is 9.70. The van der Waals surface area contributed by atoms with E-state index in [0.29, 0.717) is 11.8 Å². The Morgan fingerprint density at radius 3 is 1.08 bits per heavy atom. The Balaban J connectivity index is 0.000000505. The van der Waals surface area contributed by atoms with Crippen LogP contribution in [0.25, 0.3) is 0 Å². The quantitative estimate of drug-likeness (QED) is 0.461. The minimum absolute atomic E-state index is 0.0366. The van der Waals surface area contributed by atoms with Gasteiger partial charge < -0.3 is 0 Å². The fourth-order valence-electron chi connectivity index (χ4n) is 1.95. The monoisotopic (exact) mass is 464 g/mol. The molecule has 2 rings (SSSR count). The number of hydrogen-bond acceptors (Lipinski definition) is 4. The molecule has 0 aliphatic rings. The van der Waals surface area contributed by atoms with Crippen molar-refractivity contribution in [3.05, 3.63) is 66.8 Å². The Labute approximate surface area is 156 Å². The van der Waals surface area contributed by atoms with Crippen LogP contribution in [-0.4, -0.2) is 0 Å². The predicted octanol–water partition coefficient (Wildman–Crippen LogP) is -2.69. The highest BCUT2D eigenvalue weighted by Gasteiger charge is 2.15. The maximum absolute atomic E-state index is 8.49. The van der Waals surface area contributed by atoms with Crippen molar-refractivity contribution >= 4 is 0 Å². The van der Waals surface area contributed by atoms with Crippen LogP contribution in [0.1, 0.15) is 50.7 Å². The molecule has 0 saturated carbocycles. The standard InChI is InChI=1S/C18H22I.ClHO4/c1-13(2)15-5-9-17(10-6-15)19-18-11-7-16(8-12-18)14(3)4;2-1(3,4)5/h5-14H,1-4H3;(H,2,3,4,5)/q+1;/p-1. The average molecular weight is 465 g/mol. The molecule has 0 radical (unpaired) electrons. The third-order valence-corrected chi connectivity index (χ3v) is 5.98. The van der Waals surface area contributed by atoms with E-state index in [1.165, 1.54) is 18.3 Å². The van der Waals surface area contributed by atoms with Crippen molar-refractivity contribution in [2.75, 3.05) is 0 Å². The normalized spacial score (nSPS) is 11.4. The van der Waals surface area contributed by atoms with Crippen molar-refractivity contribution in [2.24, 2.45) is 0 Å². The Kier molecular flexibility index (Phi) is 8.62. The topological polar surface area (TPSA) is 92.2 Å². The summed E-state index contributed by atoms with van der Waals surface area (Å²) in [6.45, 7) is 8.98. The number of benzene rings is 2. The molecule has 0 spiro atoms. The van der Waals surface area contributed by atoms with E-state index in [1.807, 2.05) is 0 Å². The van der Waals surface area contributed by atoms with Crippen molar-refractivity contribution in [3.8, 4) is 0 Å². The van der Waals surface area contributed by atoms with Crippen molar-refractivity contribution in [1.29, 1.82) is 0 Å². The van der Waals surface area contributed by atoms with Gasteiger partial charge in [0, 0.05) is 0 Å². The van der Waals surface area contributed by atoms with Crippen LogP contribution in [0.4, 0.5) is 0 Å². The highest BCUT2D eigenvalue weighted by atomic mass is 127. The van der Waals surface area contributed by atoms with E-state index in [1.54, 1.807) is 0 Å². The van der Waals surface area contributed by atoms with Gasteiger partial charge in [-0.25, -0.2) is 18.6 Å². The first-order chi connectivity index (χ1) is 11.1. The number of rotatable bonds is 4. The Morgan fingerprint density at radius 2 is 0.875 bits per heavy atom. The molecular formula is C18H22ClIO4. The van der Waals surface area contributed by atoms with E-state index in [4.69, 9.17) is 18.6 Å². The molecule has 0 N–H and O–H groups in total. The summed E-state index contributed by atoms with van der Waals surface area (Å²) in [5.41, 5.74) is 2.87. The molecule has 0 atom stereocenters. The van der Waals surface area contributed by atoms with Crippen LogP contribution >= 0.6 is 0 Å². The molecular weight excluding hydrogens is 443 g/mol. The molecule has 0 fully saturated rings. The first-order valence-corrected chi connectivity index (χ1v) is 10.9. The van der Waals surface area contributed by atoms with Gasteiger partial charge in [-0.1, -0.05) is 52.0 Å². The van der Waals surface area contributed by atoms with Crippen LogP contribution in [0, 0.1) is 17.4 Å². The fraction of sp³-hybridized carbons (Fsp3) is 0.333. The van der Waals surface area contributed by atoms with Gasteiger partial charge in [-0.05, 0) is 47.2 Å². The van der Waals surface area contributed by atoms with E-state index in [2.05, 4.69) is 76.2 Å². The number of halogens is 2. The van der Waals surface area contributed by atoms with Gasteiger partial charge in [0.1, 0.15) is 0 Å². The summed E-state index contributed by atoms with van der Waals surface area (Å²) in [5, 5.41) is 0. The smallest absolute Gasteiger partial charge is 0.222 e. The Morgan fingerprint density at radius 1 is 0.625 bits per heavy atom. The van der Waals surface area contributed by atoms with Crippen molar-refractivity contribution in [3.63, 3.8) is 0 Å². The lowest BCUT2D eigenvalue weighted by Gasteiger charge is -2.17. The minimum Gasteiger partial charge on any atom is -0.222 e. The molecule has 0 unspecified atom stereocenters. The van der Waals surface area contributed by atoms with Gasteiger partial charge in [0.15, 0.2) is 7.14 Å². The maximum atomic E-state index is 8.49.